The Labute approximate surface area is 177 Å². The Morgan fingerprint density at radius 1 is 0.938 bits per heavy atom. The molecule has 10 heteroatoms. The van der Waals surface area contributed by atoms with Crippen LogP contribution in [0.15, 0.2) is 59.2 Å². The number of nitrogens with one attached hydrogen (secondary N) is 2. The minimum absolute atomic E-state index is 0.0857. The molecule has 1 aliphatic carbocycles. The van der Waals surface area contributed by atoms with Gasteiger partial charge in [0, 0.05) is 12.0 Å². The van der Waals surface area contributed by atoms with E-state index in [1.807, 2.05) is 5.32 Å². The van der Waals surface area contributed by atoms with Crippen molar-refractivity contribution in [2.45, 2.75) is 12.6 Å². The van der Waals surface area contributed by atoms with E-state index in [1.54, 1.807) is 12.1 Å². The molecule has 0 radical (unpaired) electrons. The molecule has 0 saturated carbocycles. The molecule has 1 aliphatic rings. The minimum Gasteiger partial charge on any atom is -0.461 e. The molecule has 164 valence electrons. The van der Waals surface area contributed by atoms with E-state index in [2.05, 4.69) is 5.32 Å². The molecule has 3 aromatic rings. The van der Waals surface area contributed by atoms with Crippen LogP contribution in [0.2, 0.25) is 0 Å². The van der Waals surface area contributed by atoms with E-state index in [1.165, 1.54) is 18.4 Å². The fourth-order valence-corrected chi connectivity index (χ4v) is 3.27. The molecule has 0 unspecified atom stereocenters. The summed E-state index contributed by atoms with van der Waals surface area (Å²) in [6.45, 7) is 0. The van der Waals surface area contributed by atoms with Gasteiger partial charge in [0.2, 0.25) is 5.78 Å². The summed E-state index contributed by atoms with van der Waals surface area (Å²) < 4.78 is 71.9. The second-order valence-electron chi connectivity index (χ2n) is 6.87. The average molecular weight is 448 g/mol. The first-order valence-corrected chi connectivity index (χ1v) is 9.19. The third-order valence-corrected chi connectivity index (χ3v) is 4.77. The lowest BCUT2D eigenvalue weighted by molar-refractivity contribution is -0.137. The average Bonchev–Trinajstić information content (AvgIpc) is 3.21. The van der Waals surface area contributed by atoms with Crippen LogP contribution in [0.4, 0.5) is 38.1 Å². The van der Waals surface area contributed by atoms with E-state index in [9.17, 15) is 31.5 Å². The zero-order valence-corrected chi connectivity index (χ0v) is 16.0. The van der Waals surface area contributed by atoms with Gasteiger partial charge >= 0.3 is 12.2 Å². The van der Waals surface area contributed by atoms with Crippen molar-refractivity contribution in [2.75, 3.05) is 10.6 Å². The van der Waals surface area contributed by atoms with Crippen LogP contribution in [0.5, 0.6) is 0 Å². The van der Waals surface area contributed by atoms with Gasteiger partial charge in [0.1, 0.15) is 11.6 Å². The number of Topliss-reactive ketones (excluding diaryl/α,β-unsaturated/α-hetero) is 1. The summed E-state index contributed by atoms with van der Waals surface area (Å²) in [6, 6.07) is 5.85. The molecular weight excluding hydrogens is 435 g/mol. The zero-order chi connectivity index (χ0) is 23.0. The van der Waals surface area contributed by atoms with Gasteiger partial charge in [-0.1, -0.05) is 12.1 Å². The van der Waals surface area contributed by atoms with Gasteiger partial charge in [-0.3, -0.25) is 4.79 Å². The number of carbonyl (C=O) groups is 2. The highest BCUT2D eigenvalue weighted by molar-refractivity contribution is 6.05. The minimum atomic E-state index is -4.73. The smallest absolute Gasteiger partial charge is 0.416 e. The number of hydrogen-bond donors (Lipinski definition) is 2. The van der Waals surface area contributed by atoms with Gasteiger partial charge in [0.15, 0.2) is 5.76 Å². The van der Waals surface area contributed by atoms with Crippen LogP contribution in [-0.4, -0.2) is 11.8 Å². The van der Waals surface area contributed by atoms with Crippen molar-refractivity contribution in [3.63, 3.8) is 0 Å². The SMILES string of the molecule is O=C(Nc1ccc(C2=CCC(=O)c3occc32)cc1F)Nc1cc(C(F)(F)F)ccc1F. The predicted octanol–water partition coefficient (Wildman–Crippen LogP) is 6.24. The van der Waals surface area contributed by atoms with Crippen molar-refractivity contribution in [3.05, 3.63) is 88.9 Å². The summed E-state index contributed by atoms with van der Waals surface area (Å²) in [5.41, 5.74) is -0.624. The summed E-state index contributed by atoms with van der Waals surface area (Å²) in [4.78, 5) is 24.0. The maximum Gasteiger partial charge on any atom is 0.416 e. The Bertz CT molecular complexity index is 1260. The van der Waals surface area contributed by atoms with Gasteiger partial charge in [0.25, 0.3) is 0 Å². The number of rotatable bonds is 3. The third-order valence-electron chi connectivity index (χ3n) is 4.77. The molecule has 0 saturated heterocycles. The lowest BCUT2D eigenvalue weighted by Crippen LogP contribution is -2.21. The molecule has 0 atom stereocenters. The van der Waals surface area contributed by atoms with Crippen molar-refractivity contribution in [1.29, 1.82) is 0 Å². The number of hydrogen-bond acceptors (Lipinski definition) is 3. The predicted molar refractivity (Wildman–Crippen MR) is 105 cm³/mol. The van der Waals surface area contributed by atoms with Crippen molar-refractivity contribution in [1.82, 2.24) is 0 Å². The molecule has 4 rings (SSSR count). The van der Waals surface area contributed by atoms with E-state index in [-0.39, 0.29) is 23.7 Å². The first kappa shape index (κ1) is 21.3. The lowest BCUT2D eigenvalue weighted by Gasteiger charge is -2.14. The Kier molecular flexibility index (Phi) is 5.29. The molecule has 2 N–H and O–H groups in total. The number of carbonyl (C=O) groups excluding carboxylic acids is 2. The van der Waals surface area contributed by atoms with Crippen LogP contribution < -0.4 is 10.6 Å². The van der Waals surface area contributed by atoms with Gasteiger partial charge in [0.05, 0.1) is 23.2 Å². The third kappa shape index (κ3) is 4.11. The standard InChI is InChI=1S/C22H13F5N2O3/c23-15-4-2-12(22(25,26)27)10-18(15)29-21(31)28-17-5-1-11(9-16(17)24)13-3-6-19(30)20-14(13)7-8-32-20/h1-5,7-10H,6H2,(H2,28,29,31). The van der Waals surface area contributed by atoms with Crippen LogP contribution in [0.3, 0.4) is 0 Å². The van der Waals surface area contributed by atoms with E-state index in [0.717, 1.165) is 6.07 Å². The Morgan fingerprint density at radius 3 is 2.41 bits per heavy atom. The second kappa shape index (κ2) is 7.95. The van der Waals surface area contributed by atoms with Crippen molar-refractivity contribution < 1.29 is 36.0 Å². The molecule has 32 heavy (non-hydrogen) atoms. The number of furan rings is 1. The largest absolute Gasteiger partial charge is 0.461 e. The first-order valence-electron chi connectivity index (χ1n) is 9.19. The Morgan fingerprint density at radius 2 is 1.69 bits per heavy atom. The number of allylic oxidation sites excluding steroid dienone is 1. The second-order valence-corrected chi connectivity index (χ2v) is 6.87. The highest BCUT2D eigenvalue weighted by Gasteiger charge is 2.31. The maximum absolute atomic E-state index is 14.6. The van der Waals surface area contributed by atoms with E-state index in [0.29, 0.717) is 34.9 Å². The molecule has 5 nitrogen and oxygen atoms in total. The number of ketones is 1. The van der Waals surface area contributed by atoms with Crippen molar-refractivity contribution in [2.24, 2.45) is 0 Å². The van der Waals surface area contributed by atoms with Crippen LogP contribution in [0.1, 0.15) is 33.7 Å². The highest BCUT2D eigenvalue weighted by atomic mass is 19.4. The molecule has 2 aromatic carbocycles. The van der Waals surface area contributed by atoms with Gasteiger partial charge < -0.3 is 15.1 Å². The van der Waals surface area contributed by atoms with E-state index in [4.69, 9.17) is 4.42 Å². The number of amides is 2. The summed E-state index contributed by atoms with van der Waals surface area (Å²) in [5, 5.41) is 4.07. The molecule has 0 bridgehead atoms. The molecule has 0 fully saturated rings. The molecule has 1 heterocycles. The quantitative estimate of drug-likeness (QED) is 0.466. The van der Waals surface area contributed by atoms with E-state index < -0.39 is 35.1 Å². The zero-order valence-electron chi connectivity index (χ0n) is 16.0. The van der Waals surface area contributed by atoms with Gasteiger partial charge in [-0.05, 0) is 47.5 Å². The fraction of sp³-hybridized carbons (Fsp3) is 0.0909. The monoisotopic (exact) mass is 448 g/mol. The topological polar surface area (TPSA) is 71.3 Å². The van der Waals surface area contributed by atoms with Gasteiger partial charge in [-0.15, -0.1) is 0 Å². The molecular formula is C22H13F5N2O3. The van der Waals surface area contributed by atoms with Gasteiger partial charge in [-0.2, -0.15) is 13.2 Å². The number of benzene rings is 2. The maximum atomic E-state index is 14.6. The summed E-state index contributed by atoms with van der Waals surface area (Å²) in [7, 11) is 0. The van der Waals surface area contributed by atoms with Crippen LogP contribution in [0, 0.1) is 11.6 Å². The lowest BCUT2D eigenvalue weighted by atomic mass is 9.91. The first-order chi connectivity index (χ1) is 15.1. The number of alkyl halides is 3. The normalized spacial score (nSPS) is 13.4. The summed E-state index contributed by atoms with van der Waals surface area (Å²) in [5.74, 6) is -1.96. The number of fused-ring (bicyclic) bond motifs is 1. The molecule has 0 spiro atoms. The molecule has 2 amide bonds. The number of anilines is 2. The highest BCUT2D eigenvalue weighted by Crippen LogP contribution is 2.34. The van der Waals surface area contributed by atoms with Crippen LogP contribution in [-0.2, 0) is 6.18 Å². The van der Waals surface area contributed by atoms with Crippen LogP contribution in [0.25, 0.3) is 5.57 Å². The number of halogens is 5. The van der Waals surface area contributed by atoms with Crippen molar-refractivity contribution >= 4 is 28.8 Å². The Balaban J connectivity index is 1.52. The van der Waals surface area contributed by atoms with Crippen molar-refractivity contribution in [3.8, 4) is 0 Å². The molecule has 1 aromatic heterocycles. The summed E-state index contributed by atoms with van der Waals surface area (Å²) >= 11 is 0. The number of urea groups is 1. The summed E-state index contributed by atoms with van der Waals surface area (Å²) in [6.07, 6.45) is -1.66. The van der Waals surface area contributed by atoms with Crippen LogP contribution >= 0.6 is 0 Å². The van der Waals surface area contributed by atoms with Gasteiger partial charge in [-0.25, -0.2) is 13.6 Å². The van der Waals surface area contributed by atoms with E-state index >= 15 is 0 Å². The molecule has 0 aliphatic heterocycles. The Hall–Kier alpha value is -3.95. The fourth-order valence-electron chi connectivity index (χ4n) is 3.27.